The number of halogens is 1. The first-order valence-corrected chi connectivity index (χ1v) is 7.81. The molecule has 0 unspecified atom stereocenters. The molecule has 106 valence electrons. The molecule has 1 heterocycles. The topological polar surface area (TPSA) is 63.8 Å². The van der Waals surface area contributed by atoms with Gasteiger partial charge < -0.3 is 11.1 Å². The first-order chi connectivity index (χ1) is 9.02. The van der Waals surface area contributed by atoms with E-state index in [1.807, 2.05) is 0 Å². The molecule has 0 aliphatic heterocycles. The van der Waals surface area contributed by atoms with Crippen LogP contribution in [0.15, 0.2) is 10.8 Å². The first kappa shape index (κ1) is 14.6. The number of nitrogens with zero attached hydrogens (tertiary/aromatic N) is 2. The van der Waals surface area contributed by atoms with Crippen molar-refractivity contribution in [2.75, 3.05) is 17.6 Å². The summed E-state index contributed by atoms with van der Waals surface area (Å²) in [6.45, 7) is 5.58. The predicted molar refractivity (Wildman–Crippen MR) is 83.0 cm³/mol. The van der Waals surface area contributed by atoms with Crippen LogP contribution in [0.3, 0.4) is 0 Å². The fourth-order valence-corrected chi connectivity index (χ4v) is 3.57. The Morgan fingerprint density at radius 2 is 2.05 bits per heavy atom. The van der Waals surface area contributed by atoms with Crippen molar-refractivity contribution in [3.63, 3.8) is 0 Å². The van der Waals surface area contributed by atoms with Crippen LogP contribution in [0, 0.1) is 11.3 Å². The Morgan fingerprint density at radius 1 is 1.37 bits per heavy atom. The standard InChI is InChI=1S/C14H23BrN4/c1-10(2)7-14(5-3-4-6-14)8-17-13-11(15)12(16)18-9-19-13/h9-10H,3-8H2,1-2H3,(H3,16,17,18,19). The average molecular weight is 327 g/mol. The van der Waals surface area contributed by atoms with Crippen LogP contribution in [0.1, 0.15) is 46.0 Å². The molecule has 19 heavy (non-hydrogen) atoms. The van der Waals surface area contributed by atoms with Gasteiger partial charge in [0, 0.05) is 6.54 Å². The molecule has 0 saturated heterocycles. The first-order valence-electron chi connectivity index (χ1n) is 7.02. The van der Waals surface area contributed by atoms with Crippen LogP contribution in [0.5, 0.6) is 0 Å². The van der Waals surface area contributed by atoms with E-state index in [4.69, 9.17) is 5.73 Å². The van der Waals surface area contributed by atoms with Crippen LogP contribution < -0.4 is 11.1 Å². The normalized spacial score (nSPS) is 17.9. The summed E-state index contributed by atoms with van der Waals surface area (Å²) < 4.78 is 0.771. The predicted octanol–water partition coefficient (Wildman–Crippen LogP) is 3.84. The highest BCUT2D eigenvalue weighted by Crippen LogP contribution is 2.43. The lowest BCUT2D eigenvalue weighted by molar-refractivity contribution is 0.252. The summed E-state index contributed by atoms with van der Waals surface area (Å²) in [6, 6.07) is 0. The third kappa shape index (κ3) is 3.59. The van der Waals surface area contributed by atoms with Crippen LogP contribution in [0.2, 0.25) is 0 Å². The van der Waals surface area contributed by atoms with Crippen LogP contribution in [-0.2, 0) is 0 Å². The summed E-state index contributed by atoms with van der Waals surface area (Å²) in [5.41, 5.74) is 6.20. The minimum atomic E-state index is 0.424. The molecule has 0 spiro atoms. The van der Waals surface area contributed by atoms with Gasteiger partial charge >= 0.3 is 0 Å². The van der Waals surface area contributed by atoms with Gasteiger partial charge in [0.15, 0.2) is 0 Å². The van der Waals surface area contributed by atoms with Gasteiger partial charge in [-0.1, -0.05) is 26.7 Å². The van der Waals surface area contributed by atoms with Crippen molar-refractivity contribution >= 4 is 27.6 Å². The molecular formula is C14H23BrN4. The van der Waals surface area contributed by atoms with Gasteiger partial charge in [0.25, 0.3) is 0 Å². The summed E-state index contributed by atoms with van der Waals surface area (Å²) in [5.74, 6) is 2.03. The van der Waals surface area contributed by atoms with E-state index < -0.39 is 0 Å². The average Bonchev–Trinajstić information content (AvgIpc) is 2.79. The molecule has 0 bridgehead atoms. The maximum Gasteiger partial charge on any atom is 0.145 e. The highest BCUT2D eigenvalue weighted by atomic mass is 79.9. The minimum absolute atomic E-state index is 0.424. The molecule has 0 atom stereocenters. The van der Waals surface area contributed by atoms with Crippen LogP contribution in [0.4, 0.5) is 11.6 Å². The van der Waals surface area contributed by atoms with Gasteiger partial charge in [0.1, 0.15) is 22.4 Å². The Balaban J connectivity index is 2.05. The fraction of sp³-hybridized carbons (Fsp3) is 0.714. The zero-order valence-corrected chi connectivity index (χ0v) is 13.3. The monoisotopic (exact) mass is 326 g/mol. The molecule has 3 N–H and O–H groups in total. The van der Waals surface area contributed by atoms with E-state index in [2.05, 4.69) is 45.1 Å². The minimum Gasteiger partial charge on any atom is -0.383 e. The maximum atomic E-state index is 5.78. The number of aromatic nitrogens is 2. The molecule has 1 aliphatic carbocycles. The van der Waals surface area contributed by atoms with Gasteiger partial charge in [-0.15, -0.1) is 0 Å². The lowest BCUT2D eigenvalue weighted by Gasteiger charge is -2.31. The SMILES string of the molecule is CC(C)CC1(CNc2ncnc(N)c2Br)CCCC1. The van der Waals surface area contributed by atoms with E-state index in [9.17, 15) is 0 Å². The maximum absolute atomic E-state index is 5.78. The molecule has 1 aromatic heterocycles. The van der Waals surface area contributed by atoms with E-state index in [-0.39, 0.29) is 0 Å². The van der Waals surface area contributed by atoms with Gasteiger partial charge in [0.2, 0.25) is 0 Å². The fourth-order valence-electron chi connectivity index (χ4n) is 3.22. The molecule has 2 rings (SSSR count). The highest BCUT2D eigenvalue weighted by molar-refractivity contribution is 9.10. The van der Waals surface area contributed by atoms with E-state index in [1.165, 1.54) is 38.4 Å². The molecule has 1 saturated carbocycles. The zero-order valence-electron chi connectivity index (χ0n) is 11.7. The van der Waals surface area contributed by atoms with E-state index >= 15 is 0 Å². The largest absolute Gasteiger partial charge is 0.383 e. The molecule has 4 nitrogen and oxygen atoms in total. The molecule has 5 heteroatoms. The number of nitrogen functional groups attached to an aromatic ring is 1. The number of nitrogens with one attached hydrogen (secondary N) is 1. The number of hydrogen-bond acceptors (Lipinski definition) is 4. The second-order valence-electron chi connectivity index (χ2n) is 6.08. The van der Waals surface area contributed by atoms with Gasteiger partial charge in [0.05, 0.1) is 0 Å². The molecule has 1 fully saturated rings. The van der Waals surface area contributed by atoms with Crippen LogP contribution >= 0.6 is 15.9 Å². The number of rotatable bonds is 5. The number of nitrogens with two attached hydrogens (primary N) is 1. The Morgan fingerprint density at radius 3 is 2.68 bits per heavy atom. The molecule has 0 amide bonds. The van der Waals surface area contributed by atoms with Gasteiger partial charge in [-0.2, -0.15) is 0 Å². The Kier molecular flexibility index (Phi) is 4.66. The highest BCUT2D eigenvalue weighted by Gasteiger charge is 2.34. The molecule has 0 aromatic carbocycles. The molecule has 1 aliphatic rings. The van der Waals surface area contributed by atoms with E-state index in [0.29, 0.717) is 11.2 Å². The lowest BCUT2D eigenvalue weighted by atomic mass is 9.78. The molecule has 0 radical (unpaired) electrons. The second-order valence-corrected chi connectivity index (χ2v) is 6.87. The number of anilines is 2. The van der Waals surface area contributed by atoms with Crippen LogP contribution in [-0.4, -0.2) is 16.5 Å². The van der Waals surface area contributed by atoms with E-state index in [1.54, 1.807) is 0 Å². The third-order valence-electron chi connectivity index (χ3n) is 3.95. The van der Waals surface area contributed by atoms with Crippen molar-refractivity contribution in [2.45, 2.75) is 46.0 Å². The van der Waals surface area contributed by atoms with Gasteiger partial charge in [-0.05, 0) is 46.5 Å². The van der Waals surface area contributed by atoms with E-state index in [0.717, 1.165) is 22.8 Å². The van der Waals surface area contributed by atoms with Crippen molar-refractivity contribution in [3.05, 3.63) is 10.8 Å². The molecular weight excluding hydrogens is 304 g/mol. The van der Waals surface area contributed by atoms with Gasteiger partial charge in [-0.25, -0.2) is 9.97 Å². The van der Waals surface area contributed by atoms with Gasteiger partial charge in [-0.3, -0.25) is 0 Å². The summed E-state index contributed by atoms with van der Waals surface area (Å²) in [4.78, 5) is 8.23. The zero-order chi connectivity index (χ0) is 13.9. The molecule has 1 aromatic rings. The Labute approximate surface area is 123 Å². The van der Waals surface area contributed by atoms with Crippen LogP contribution in [0.25, 0.3) is 0 Å². The summed E-state index contributed by atoms with van der Waals surface area (Å²) in [5, 5.41) is 3.46. The van der Waals surface area contributed by atoms with Crippen molar-refractivity contribution < 1.29 is 0 Å². The summed E-state index contributed by atoms with van der Waals surface area (Å²) in [7, 11) is 0. The summed E-state index contributed by atoms with van der Waals surface area (Å²) >= 11 is 3.45. The third-order valence-corrected chi connectivity index (χ3v) is 4.73. The van der Waals surface area contributed by atoms with Crippen molar-refractivity contribution in [1.82, 2.24) is 9.97 Å². The number of hydrogen-bond donors (Lipinski definition) is 2. The lowest BCUT2D eigenvalue weighted by Crippen LogP contribution is -2.29. The Hall–Kier alpha value is -0.840. The second kappa shape index (κ2) is 6.07. The van der Waals surface area contributed by atoms with Crippen molar-refractivity contribution in [1.29, 1.82) is 0 Å². The summed E-state index contributed by atoms with van der Waals surface area (Å²) in [6.07, 6.45) is 8.11. The van der Waals surface area contributed by atoms with Crippen molar-refractivity contribution in [3.8, 4) is 0 Å². The quantitative estimate of drug-likeness (QED) is 0.862. The van der Waals surface area contributed by atoms with Crippen molar-refractivity contribution in [2.24, 2.45) is 11.3 Å². The smallest absolute Gasteiger partial charge is 0.145 e. The Bertz CT molecular complexity index is 427.